The van der Waals surface area contributed by atoms with Crippen LogP contribution in [0.4, 0.5) is 0 Å². The first-order valence-corrected chi connectivity index (χ1v) is 7.58. The summed E-state index contributed by atoms with van der Waals surface area (Å²) in [6.07, 6.45) is 3.80. The fourth-order valence-electron chi connectivity index (χ4n) is 3.06. The Morgan fingerprint density at radius 1 is 1.35 bits per heavy atom. The topological polar surface area (TPSA) is 64.4 Å². The Labute approximate surface area is 134 Å². The predicted molar refractivity (Wildman–Crippen MR) is 83.8 cm³/mol. The number of rotatable bonds is 4. The maximum Gasteiger partial charge on any atom is 0.310 e. The molecule has 0 N–H and O–H groups in total. The van der Waals surface area contributed by atoms with Gasteiger partial charge in [0.05, 0.1) is 24.8 Å². The zero-order valence-corrected chi connectivity index (χ0v) is 13.2. The van der Waals surface area contributed by atoms with Gasteiger partial charge in [-0.2, -0.15) is 5.10 Å². The monoisotopic (exact) mass is 313 g/mol. The van der Waals surface area contributed by atoms with Crippen LogP contribution in [0.2, 0.25) is 0 Å². The molecule has 0 aliphatic carbocycles. The molecule has 0 spiro atoms. The highest BCUT2D eigenvalue weighted by atomic mass is 16.5. The largest absolute Gasteiger partial charge is 0.469 e. The summed E-state index contributed by atoms with van der Waals surface area (Å²) in [5.41, 5.74) is 1.93. The van der Waals surface area contributed by atoms with Crippen LogP contribution in [-0.4, -0.2) is 40.2 Å². The third kappa shape index (κ3) is 2.84. The number of aromatic nitrogens is 2. The Kier molecular flexibility index (Phi) is 4.14. The van der Waals surface area contributed by atoms with Crippen molar-refractivity contribution in [1.29, 1.82) is 0 Å². The van der Waals surface area contributed by atoms with Crippen molar-refractivity contribution in [2.45, 2.75) is 19.4 Å². The lowest BCUT2D eigenvalue weighted by atomic mass is 10.0. The molecular formula is C17H19N3O3. The second-order valence-electron chi connectivity index (χ2n) is 5.66. The lowest BCUT2D eigenvalue weighted by Gasteiger charge is -2.26. The quantitative estimate of drug-likeness (QED) is 0.809. The van der Waals surface area contributed by atoms with Crippen molar-refractivity contribution in [1.82, 2.24) is 14.7 Å². The number of ether oxygens (including phenoxy) is 1. The maximum absolute atomic E-state index is 12.3. The number of carbonyl (C=O) groups is 2. The van der Waals surface area contributed by atoms with Crippen molar-refractivity contribution in [2.75, 3.05) is 13.7 Å². The van der Waals surface area contributed by atoms with Gasteiger partial charge in [-0.15, -0.1) is 0 Å². The molecule has 1 aromatic heterocycles. The van der Waals surface area contributed by atoms with Crippen molar-refractivity contribution in [3.8, 4) is 5.69 Å². The molecule has 2 atom stereocenters. The van der Waals surface area contributed by atoms with Gasteiger partial charge < -0.3 is 9.64 Å². The van der Waals surface area contributed by atoms with Crippen LogP contribution in [0.25, 0.3) is 5.69 Å². The zero-order chi connectivity index (χ0) is 16.4. The van der Waals surface area contributed by atoms with Gasteiger partial charge in [0.25, 0.3) is 0 Å². The second-order valence-corrected chi connectivity index (χ2v) is 5.66. The van der Waals surface area contributed by atoms with Crippen LogP contribution in [-0.2, 0) is 14.3 Å². The molecule has 6 nitrogen and oxygen atoms in total. The van der Waals surface area contributed by atoms with Crippen molar-refractivity contribution in [3.63, 3.8) is 0 Å². The highest BCUT2D eigenvalue weighted by Crippen LogP contribution is 2.31. The van der Waals surface area contributed by atoms with Gasteiger partial charge >= 0.3 is 5.97 Å². The Morgan fingerprint density at radius 2 is 2.13 bits per heavy atom. The molecule has 120 valence electrons. The van der Waals surface area contributed by atoms with E-state index in [9.17, 15) is 9.59 Å². The third-order valence-corrected chi connectivity index (χ3v) is 4.30. The zero-order valence-electron chi connectivity index (χ0n) is 13.2. The predicted octanol–water partition coefficient (Wildman–Crippen LogP) is 1.95. The van der Waals surface area contributed by atoms with Crippen molar-refractivity contribution in [2.24, 2.45) is 5.92 Å². The van der Waals surface area contributed by atoms with E-state index in [1.54, 1.807) is 15.8 Å². The molecule has 1 amide bonds. The number of benzene rings is 1. The third-order valence-electron chi connectivity index (χ3n) is 4.30. The van der Waals surface area contributed by atoms with Gasteiger partial charge in [0.2, 0.25) is 5.91 Å². The minimum atomic E-state index is -0.383. The lowest BCUT2D eigenvalue weighted by molar-refractivity contribution is -0.145. The number of esters is 1. The summed E-state index contributed by atoms with van der Waals surface area (Å²) in [6.45, 7) is 2.36. The van der Waals surface area contributed by atoms with Crippen LogP contribution in [0.5, 0.6) is 0 Å². The van der Waals surface area contributed by atoms with E-state index >= 15 is 0 Å². The summed E-state index contributed by atoms with van der Waals surface area (Å²) >= 11 is 0. The molecule has 23 heavy (non-hydrogen) atoms. The van der Waals surface area contributed by atoms with Crippen molar-refractivity contribution in [3.05, 3.63) is 48.3 Å². The summed E-state index contributed by atoms with van der Waals surface area (Å²) in [5.74, 6) is -0.733. The summed E-state index contributed by atoms with van der Waals surface area (Å²) in [4.78, 5) is 25.8. The first-order valence-electron chi connectivity index (χ1n) is 7.58. The Balaban J connectivity index is 1.88. The number of methoxy groups -OCH3 is 1. The summed E-state index contributed by atoms with van der Waals surface area (Å²) in [5, 5.41) is 4.27. The molecule has 0 saturated carbocycles. The number of hydrogen-bond acceptors (Lipinski definition) is 4. The second kappa shape index (κ2) is 6.24. The van der Waals surface area contributed by atoms with Crippen LogP contribution < -0.4 is 0 Å². The number of amides is 1. The molecule has 2 aromatic rings. The van der Waals surface area contributed by atoms with Gasteiger partial charge in [-0.25, -0.2) is 4.68 Å². The van der Waals surface area contributed by atoms with E-state index in [2.05, 4.69) is 5.10 Å². The smallest absolute Gasteiger partial charge is 0.310 e. The van der Waals surface area contributed by atoms with Gasteiger partial charge in [-0.05, 0) is 19.1 Å². The fraction of sp³-hybridized carbons (Fsp3) is 0.353. The number of nitrogens with zero attached hydrogens (tertiary/aromatic N) is 3. The van der Waals surface area contributed by atoms with Crippen molar-refractivity contribution < 1.29 is 14.3 Å². The molecule has 1 saturated heterocycles. The summed E-state index contributed by atoms with van der Waals surface area (Å²) in [6, 6.07) is 9.55. The average Bonchev–Trinajstić information content (AvgIpc) is 3.23. The van der Waals surface area contributed by atoms with Gasteiger partial charge in [-0.3, -0.25) is 9.59 Å². The minimum Gasteiger partial charge on any atom is -0.469 e. The standard InChI is InChI=1S/C17H19N3O3/c1-12(19-11-13(10-16(19)21)17(22)23-2)14-6-3-4-7-15(14)20-9-5-8-18-20/h3-9,12-13H,10-11H2,1-2H3. The van der Waals surface area contributed by atoms with Crippen LogP contribution >= 0.6 is 0 Å². The van der Waals surface area contributed by atoms with E-state index < -0.39 is 0 Å². The molecular weight excluding hydrogens is 294 g/mol. The summed E-state index contributed by atoms with van der Waals surface area (Å²) in [7, 11) is 1.35. The molecule has 0 radical (unpaired) electrons. The highest BCUT2D eigenvalue weighted by molar-refractivity contribution is 5.87. The first kappa shape index (κ1) is 15.3. The minimum absolute atomic E-state index is 0.0248. The van der Waals surface area contributed by atoms with E-state index in [1.807, 2.05) is 43.5 Å². The van der Waals surface area contributed by atoms with E-state index in [0.29, 0.717) is 6.54 Å². The van der Waals surface area contributed by atoms with Gasteiger partial charge in [0.15, 0.2) is 0 Å². The average molecular weight is 313 g/mol. The lowest BCUT2D eigenvalue weighted by Crippen LogP contribution is -2.30. The SMILES string of the molecule is COC(=O)C1CC(=O)N(C(C)c2ccccc2-n2cccn2)C1. The molecule has 6 heteroatoms. The normalized spacial score (nSPS) is 19.0. The summed E-state index contributed by atoms with van der Waals surface area (Å²) < 4.78 is 6.55. The van der Waals surface area contributed by atoms with E-state index in [-0.39, 0.29) is 30.3 Å². The molecule has 1 aromatic carbocycles. The number of para-hydroxylation sites is 1. The molecule has 1 fully saturated rings. The molecule has 3 rings (SSSR count). The first-order chi connectivity index (χ1) is 11.1. The van der Waals surface area contributed by atoms with Crippen molar-refractivity contribution >= 4 is 11.9 Å². The number of likely N-dealkylation sites (tertiary alicyclic amines) is 1. The van der Waals surface area contributed by atoms with Gasteiger partial charge in [-0.1, -0.05) is 18.2 Å². The molecule has 0 bridgehead atoms. The fourth-order valence-corrected chi connectivity index (χ4v) is 3.06. The van der Waals surface area contributed by atoms with E-state index in [0.717, 1.165) is 11.3 Å². The maximum atomic E-state index is 12.3. The highest BCUT2D eigenvalue weighted by Gasteiger charge is 2.38. The molecule has 1 aliphatic heterocycles. The molecule has 2 unspecified atom stereocenters. The Bertz CT molecular complexity index is 712. The molecule has 1 aliphatic rings. The van der Waals surface area contributed by atoms with Crippen LogP contribution in [0.15, 0.2) is 42.7 Å². The van der Waals surface area contributed by atoms with Crippen LogP contribution in [0, 0.1) is 5.92 Å². The molecule has 2 heterocycles. The van der Waals surface area contributed by atoms with E-state index in [4.69, 9.17) is 4.74 Å². The number of carbonyl (C=O) groups excluding carboxylic acids is 2. The Morgan fingerprint density at radius 3 is 2.83 bits per heavy atom. The number of hydrogen-bond donors (Lipinski definition) is 0. The van der Waals surface area contributed by atoms with Crippen LogP contribution in [0.3, 0.4) is 0 Å². The van der Waals surface area contributed by atoms with Crippen LogP contribution in [0.1, 0.15) is 24.9 Å². The Hall–Kier alpha value is -2.63. The van der Waals surface area contributed by atoms with Gasteiger partial charge in [0.1, 0.15) is 0 Å². The van der Waals surface area contributed by atoms with Gasteiger partial charge in [0, 0.05) is 30.9 Å². The van der Waals surface area contributed by atoms with E-state index in [1.165, 1.54) is 7.11 Å².